The van der Waals surface area contributed by atoms with E-state index in [0.29, 0.717) is 5.82 Å². The highest BCUT2D eigenvalue weighted by Crippen LogP contribution is 2.52. The smallest absolute Gasteiger partial charge is 0.161 e. The Labute approximate surface area is 274 Å². The van der Waals surface area contributed by atoms with Crippen molar-refractivity contribution < 1.29 is 0 Å². The minimum absolute atomic E-state index is 0.0639. The number of nitrogens with zero attached hydrogens (tertiary/aromatic N) is 3. The summed E-state index contributed by atoms with van der Waals surface area (Å²) in [5.74, 6) is 0.686. The lowest BCUT2D eigenvalue weighted by atomic mass is 9.81. The molecule has 47 heavy (non-hydrogen) atoms. The summed E-state index contributed by atoms with van der Waals surface area (Å²) in [6.07, 6.45) is 1.81. The van der Waals surface area contributed by atoms with Gasteiger partial charge >= 0.3 is 0 Å². The highest BCUT2D eigenvalue weighted by Gasteiger charge is 2.36. The number of rotatable bonds is 4. The summed E-state index contributed by atoms with van der Waals surface area (Å²) >= 11 is 0. The molecule has 0 amide bonds. The van der Waals surface area contributed by atoms with E-state index in [1.807, 2.05) is 48.7 Å². The lowest BCUT2D eigenvalue weighted by molar-refractivity contribution is 0.661. The number of aromatic nitrogens is 3. The Balaban J connectivity index is 1.23. The topological polar surface area (TPSA) is 38.7 Å². The third-order valence-corrected chi connectivity index (χ3v) is 9.76. The maximum absolute atomic E-state index is 5.13. The molecule has 1 aliphatic carbocycles. The fourth-order valence-corrected chi connectivity index (χ4v) is 7.41. The number of pyridine rings is 1. The standard InChI is InChI=1S/C44H31N3/c1-44(2)37-23-20-30(26-36(37)42-32-15-7-6-12-28(32)19-24-38(42)44)31-21-22-35(34-17-9-8-16-33(31)34)43-46-40(29-13-4-3-5-14-29)27-41(47-43)39-18-10-11-25-45-39/h3-27H,1-2H3. The zero-order chi connectivity index (χ0) is 31.5. The molecule has 1 aliphatic rings. The van der Waals surface area contributed by atoms with E-state index in [4.69, 9.17) is 9.97 Å². The summed E-state index contributed by atoms with van der Waals surface area (Å²) in [4.78, 5) is 14.8. The van der Waals surface area contributed by atoms with Crippen LogP contribution in [-0.2, 0) is 5.41 Å². The average molecular weight is 602 g/mol. The van der Waals surface area contributed by atoms with Crippen LogP contribution in [0.15, 0.2) is 152 Å². The van der Waals surface area contributed by atoms with Gasteiger partial charge in [-0.1, -0.05) is 129 Å². The van der Waals surface area contributed by atoms with E-state index in [0.717, 1.165) is 33.6 Å². The van der Waals surface area contributed by atoms with Crippen LogP contribution in [-0.4, -0.2) is 15.0 Å². The summed E-state index contributed by atoms with van der Waals surface area (Å²) in [6.45, 7) is 4.69. The molecule has 222 valence electrons. The van der Waals surface area contributed by atoms with Gasteiger partial charge in [0.15, 0.2) is 5.82 Å². The molecule has 0 saturated carbocycles. The van der Waals surface area contributed by atoms with Gasteiger partial charge in [-0.25, -0.2) is 9.97 Å². The second-order valence-electron chi connectivity index (χ2n) is 12.8. The predicted molar refractivity (Wildman–Crippen MR) is 194 cm³/mol. The maximum Gasteiger partial charge on any atom is 0.161 e. The highest BCUT2D eigenvalue weighted by atomic mass is 14.9. The number of fused-ring (bicyclic) bond motifs is 6. The first-order valence-electron chi connectivity index (χ1n) is 16.1. The molecule has 3 heteroatoms. The lowest BCUT2D eigenvalue weighted by Crippen LogP contribution is -2.14. The van der Waals surface area contributed by atoms with Crippen LogP contribution in [0.5, 0.6) is 0 Å². The third kappa shape index (κ3) is 4.39. The Bertz CT molecular complexity index is 2420. The SMILES string of the molecule is CC1(C)c2ccc(-c3ccc(-c4nc(-c5ccccc5)cc(-c5ccccn5)n4)c4ccccc34)cc2-c2c1ccc1ccccc21. The van der Waals surface area contributed by atoms with Crippen molar-refractivity contribution in [3.05, 3.63) is 163 Å². The van der Waals surface area contributed by atoms with Crippen molar-refractivity contribution in [1.29, 1.82) is 0 Å². The van der Waals surface area contributed by atoms with Crippen LogP contribution in [0.1, 0.15) is 25.0 Å². The molecular weight excluding hydrogens is 571 g/mol. The van der Waals surface area contributed by atoms with Crippen LogP contribution < -0.4 is 0 Å². The summed E-state index contributed by atoms with van der Waals surface area (Å²) in [7, 11) is 0. The first-order valence-corrected chi connectivity index (χ1v) is 16.1. The van der Waals surface area contributed by atoms with Gasteiger partial charge in [0.1, 0.15) is 0 Å². The van der Waals surface area contributed by atoms with Crippen molar-refractivity contribution in [1.82, 2.24) is 15.0 Å². The van der Waals surface area contributed by atoms with Gasteiger partial charge in [0.25, 0.3) is 0 Å². The molecule has 0 atom stereocenters. The molecule has 9 rings (SSSR count). The molecule has 0 saturated heterocycles. The Kier molecular flexibility index (Phi) is 6.16. The van der Waals surface area contributed by atoms with E-state index in [1.165, 1.54) is 49.5 Å². The largest absolute Gasteiger partial charge is 0.255 e. The van der Waals surface area contributed by atoms with Crippen molar-refractivity contribution in [3.63, 3.8) is 0 Å². The quantitative estimate of drug-likeness (QED) is 0.201. The minimum Gasteiger partial charge on any atom is -0.255 e. The summed E-state index contributed by atoms with van der Waals surface area (Å²) in [5, 5.41) is 4.88. The van der Waals surface area contributed by atoms with Crippen molar-refractivity contribution >= 4 is 21.5 Å². The van der Waals surface area contributed by atoms with Crippen LogP contribution >= 0.6 is 0 Å². The molecule has 0 N–H and O–H groups in total. The molecule has 0 spiro atoms. The number of benzene rings is 6. The zero-order valence-corrected chi connectivity index (χ0v) is 26.3. The number of hydrogen-bond donors (Lipinski definition) is 0. The second kappa shape index (κ2) is 10.6. The minimum atomic E-state index is -0.0639. The van der Waals surface area contributed by atoms with Crippen molar-refractivity contribution in [2.24, 2.45) is 0 Å². The van der Waals surface area contributed by atoms with E-state index >= 15 is 0 Å². The van der Waals surface area contributed by atoms with Gasteiger partial charge in [0.2, 0.25) is 0 Å². The molecule has 0 aliphatic heterocycles. The van der Waals surface area contributed by atoms with E-state index in [9.17, 15) is 0 Å². The molecule has 2 heterocycles. The predicted octanol–water partition coefficient (Wildman–Crippen LogP) is 11.2. The highest BCUT2D eigenvalue weighted by molar-refractivity contribution is 6.07. The Morgan fingerprint density at radius 2 is 1.13 bits per heavy atom. The Morgan fingerprint density at radius 1 is 0.447 bits per heavy atom. The summed E-state index contributed by atoms with van der Waals surface area (Å²) in [5.41, 5.74) is 12.3. The van der Waals surface area contributed by atoms with Crippen LogP contribution in [0.4, 0.5) is 0 Å². The van der Waals surface area contributed by atoms with Gasteiger partial charge < -0.3 is 0 Å². The van der Waals surface area contributed by atoms with E-state index < -0.39 is 0 Å². The first-order chi connectivity index (χ1) is 23.1. The zero-order valence-electron chi connectivity index (χ0n) is 26.3. The Hall–Kier alpha value is -5.93. The van der Waals surface area contributed by atoms with Gasteiger partial charge in [-0.05, 0) is 85.3 Å². The van der Waals surface area contributed by atoms with Crippen molar-refractivity contribution in [2.45, 2.75) is 19.3 Å². The number of hydrogen-bond acceptors (Lipinski definition) is 3. The fourth-order valence-electron chi connectivity index (χ4n) is 7.41. The molecule has 0 unspecified atom stereocenters. The molecule has 0 radical (unpaired) electrons. The van der Waals surface area contributed by atoms with Gasteiger partial charge in [0, 0.05) is 22.7 Å². The normalized spacial score (nSPS) is 13.1. The van der Waals surface area contributed by atoms with E-state index in [1.54, 1.807) is 0 Å². The monoisotopic (exact) mass is 601 g/mol. The van der Waals surface area contributed by atoms with Crippen molar-refractivity contribution in [3.8, 4) is 56.3 Å². The van der Waals surface area contributed by atoms with Crippen LogP contribution in [0.25, 0.3) is 77.8 Å². The van der Waals surface area contributed by atoms with Crippen LogP contribution in [0.2, 0.25) is 0 Å². The summed E-state index contributed by atoms with van der Waals surface area (Å²) in [6, 6.07) is 51.7. The fraction of sp³-hybridized carbons (Fsp3) is 0.0682. The molecule has 0 bridgehead atoms. The second-order valence-corrected chi connectivity index (χ2v) is 12.8. The van der Waals surface area contributed by atoms with Gasteiger partial charge in [-0.3, -0.25) is 4.98 Å². The lowest BCUT2D eigenvalue weighted by Gasteiger charge is -2.21. The molecule has 6 aromatic carbocycles. The van der Waals surface area contributed by atoms with Gasteiger partial charge in [0.05, 0.1) is 17.1 Å². The van der Waals surface area contributed by atoms with Gasteiger partial charge in [-0.2, -0.15) is 0 Å². The Morgan fingerprint density at radius 3 is 1.94 bits per heavy atom. The van der Waals surface area contributed by atoms with Crippen molar-refractivity contribution in [2.75, 3.05) is 0 Å². The van der Waals surface area contributed by atoms with E-state index in [2.05, 4.69) is 122 Å². The third-order valence-electron chi connectivity index (χ3n) is 9.76. The van der Waals surface area contributed by atoms with Crippen LogP contribution in [0.3, 0.4) is 0 Å². The molecular formula is C44H31N3. The molecule has 2 aromatic heterocycles. The summed E-state index contributed by atoms with van der Waals surface area (Å²) < 4.78 is 0. The van der Waals surface area contributed by atoms with Gasteiger partial charge in [-0.15, -0.1) is 0 Å². The average Bonchev–Trinajstić information content (AvgIpc) is 3.37. The molecule has 8 aromatic rings. The van der Waals surface area contributed by atoms with E-state index in [-0.39, 0.29) is 5.41 Å². The molecule has 0 fully saturated rings. The maximum atomic E-state index is 5.13. The molecule has 3 nitrogen and oxygen atoms in total. The first kappa shape index (κ1) is 27.4. The van der Waals surface area contributed by atoms with Crippen LogP contribution in [0, 0.1) is 0 Å².